The number of pyridine rings is 3. The van der Waals surface area contributed by atoms with Gasteiger partial charge in [0.2, 0.25) is 0 Å². The SMILES string of the molecule is c1ncc(-c2cnc3n[nH]c(-c4nc5c(N6CCCCC6)cncc5[nH]4)c3c2)cc1CN1CCCCC1. The van der Waals surface area contributed by atoms with E-state index >= 15 is 0 Å². The van der Waals surface area contributed by atoms with Crippen molar-refractivity contribution in [1.29, 1.82) is 0 Å². The van der Waals surface area contributed by atoms with E-state index in [2.05, 4.69) is 52.1 Å². The van der Waals surface area contributed by atoms with Gasteiger partial charge in [0.15, 0.2) is 11.5 Å². The molecular formula is C28H31N9. The van der Waals surface area contributed by atoms with Gasteiger partial charge < -0.3 is 9.88 Å². The Balaban J connectivity index is 1.23. The van der Waals surface area contributed by atoms with Crippen LogP contribution in [0.1, 0.15) is 44.1 Å². The maximum absolute atomic E-state index is 5.01. The normalized spacial score (nSPS) is 17.1. The van der Waals surface area contributed by atoms with Crippen molar-refractivity contribution in [1.82, 2.24) is 40.0 Å². The molecule has 0 spiro atoms. The van der Waals surface area contributed by atoms with E-state index in [4.69, 9.17) is 4.98 Å². The van der Waals surface area contributed by atoms with Gasteiger partial charge in [-0.05, 0) is 62.9 Å². The summed E-state index contributed by atoms with van der Waals surface area (Å²) in [6, 6.07) is 4.38. The van der Waals surface area contributed by atoms with Crippen LogP contribution in [0.3, 0.4) is 0 Å². The van der Waals surface area contributed by atoms with E-state index in [1.807, 2.05) is 31.0 Å². The third-order valence-corrected chi connectivity index (χ3v) is 7.70. The molecule has 0 radical (unpaired) electrons. The Bertz CT molecular complexity index is 1540. The summed E-state index contributed by atoms with van der Waals surface area (Å²) >= 11 is 0. The van der Waals surface area contributed by atoms with Gasteiger partial charge in [0.25, 0.3) is 0 Å². The minimum absolute atomic E-state index is 0.672. The molecule has 2 aliphatic rings. The van der Waals surface area contributed by atoms with Crippen molar-refractivity contribution in [2.24, 2.45) is 0 Å². The summed E-state index contributed by atoms with van der Waals surface area (Å²) in [5.74, 6) is 0.750. The van der Waals surface area contributed by atoms with Crippen molar-refractivity contribution in [3.05, 3.63) is 48.7 Å². The summed E-state index contributed by atoms with van der Waals surface area (Å²) in [6.07, 6.45) is 17.2. The summed E-state index contributed by atoms with van der Waals surface area (Å²) < 4.78 is 0. The molecular weight excluding hydrogens is 462 g/mol. The van der Waals surface area contributed by atoms with Crippen LogP contribution in [0.15, 0.2) is 43.1 Å². The largest absolute Gasteiger partial charge is 0.368 e. The van der Waals surface area contributed by atoms with Crippen LogP contribution in [0.25, 0.3) is 44.7 Å². The number of fused-ring (bicyclic) bond motifs is 2. The molecule has 7 rings (SSSR count). The van der Waals surface area contributed by atoms with Gasteiger partial charge in [0.1, 0.15) is 11.2 Å². The second-order valence-electron chi connectivity index (χ2n) is 10.3. The van der Waals surface area contributed by atoms with Crippen LogP contribution in [0, 0.1) is 0 Å². The molecule has 5 aromatic heterocycles. The van der Waals surface area contributed by atoms with Gasteiger partial charge in [-0.3, -0.25) is 20.0 Å². The van der Waals surface area contributed by atoms with E-state index in [0.717, 1.165) is 64.4 Å². The number of hydrogen-bond donors (Lipinski definition) is 2. The first-order valence-electron chi connectivity index (χ1n) is 13.4. The minimum Gasteiger partial charge on any atom is -0.368 e. The van der Waals surface area contributed by atoms with Gasteiger partial charge in [-0.2, -0.15) is 5.10 Å². The van der Waals surface area contributed by atoms with E-state index in [9.17, 15) is 0 Å². The van der Waals surface area contributed by atoms with Gasteiger partial charge in [-0.25, -0.2) is 9.97 Å². The second kappa shape index (κ2) is 9.55. The predicted octanol–water partition coefficient (Wildman–Crippen LogP) is 4.93. The molecule has 0 atom stereocenters. The molecule has 37 heavy (non-hydrogen) atoms. The van der Waals surface area contributed by atoms with Gasteiger partial charge in [0.05, 0.1) is 29.0 Å². The maximum Gasteiger partial charge on any atom is 0.181 e. The smallest absolute Gasteiger partial charge is 0.181 e. The van der Waals surface area contributed by atoms with Crippen LogP contribution in [0.5, 0.6) is 0 Å². The zero-order valence-electron chi connectivity index (χ0n) is 21.0. The van der Waals surface area contributed by atoms with Crippen molar-refractivity contribution in [3.63, 3.8) is 0 Å². The van der Waals surface area contributed by atoms with Crippen LogP contribution < -0.4 is 4.90 Å². The van der Waals surface area contributed by atoms with Crippen LogP contribution in [0.4, 0.5) is 5.69 Å². The van der Waals surface area contributed by atoms with Gasteiger partial charge in [-0.15, -0.1) is 0 Å². The summed E-state index contributed by atoms with van der Waals surface area (Å²) in [6.45, 7) is 5.38. The fourth-order valence-electron chi connectivity index (χ4n) is 5.75. The molecule has 0 amide bonds. The minimum atomic E-state index is 0.672. The number of imidazole rings is 1. The first-order valence-corrected chi connectivity index (χ1v) is 13.4. The zero-order chi connectivity index (χ0) is 24.6. The Morgan fingerprint density at radius 3 is 2.43 bits per heavy atom. The first kappa shape index (κ1) is 22.4. The first-order chi connectivity index (χ1) is 18.3. The maximum atomic E-state index is 5.01. The van der Waals surface area contributed by atoms with Crippen LogP contribution >= 0.6 is 0 Å². The molecule has 7 heterocycles. The highest BCUT2D eigenvalue weighted by Gasteiger charge is 2.19. The summed E-state index contributed by atoms with van der Waals surface area (Å²) in [5.41, 5.74) is 7.81. The average Bonchev–Trinajstić information content (AvgIpc) is 3.58. The quantitative estimate of drug-likeness (QED) is 0.358. The number of rotatable bonds is 5. The average molecular weight is 494 g/mol. The highest BCUT2D eigenvalue weighted by molar-refractivity contribution is 5.95. The summed E-state index contributed by atoms with van der Waals surface area (Å²) in [5, 5.41) is 8.57. The molecule has 9 heteroatoms. The van der Waals surface area contributed by atoms with E-state index in [-0.39, 0.29) is 0 Å². The molecule has 5 aromatic rings. The van der Waals surface area contributed by atoms with Gasteiger partial charge in [0, 0.05) is 49.4 Å². The number of likely N-dealkylation sites (tertiary alicyclic amines) is 1. The lowest BCUT2D eigenvalue weighted by Crippen LogP contribution is -2.29. The third-order valence-electron chi connectivity index (χ3n) is 7.70. The predicted molar refractivity (Wildman–Crippen MR) is 145 cm³/mol. The molecule has 0 saturated carbocycles. The monoisotopic (exact) mass is 493 g/mol. The number of nitrogens with one attached hydrogen (secondary N) is 2. The third kappa shape index (κ3) is 4.33. The Kier molecular flexibility index (Phi) is 5.77. The van der Waals surface area contributed by atoms with Gasteiger partial charge >= 0.3 is 0 Å². The number of aromatic nitrogens is 7. The topological polar surface area (TPSA) is 103 Å². The fraction of sp³-hybridized carbons (Fsp3) is 0.393. The number of anilines is 1. The highest BCUT2D eigenvalue weighted by Crippen LogP contribution is 2.32. The fourth-order valence-corrected chi connectivity index (χ4v) is 5.75. The van der Waals surface area contributed by atoms with Crippen molar-refractivity contribution in [2.45, 2.75) is 45.1 Å². The lowest BCUT2D eigenvalue weighted by molar-refractivity contribution is 0.220. The van der Waals surface area contributed by atoms with Crippen LogP contribution in [-0.4, -0.2) is 66.2 Å². The Labute approximate surface area is 215 Å². The molecule has 9 nitrogen and oxygen atoms in total. The van der Waals surface area contributed by atoms with Crippen LogP contribution in [0.2, 0.25) is 0 Å². The lowest BCUT2D eigenvalue weighted by atomic mass is 10.1. The van der Waals surface area contributed by atoms with Crippen molar-refractivity contribution >= 4 is 27.8 Å². The number of H-pyrrole nitrogens is 2. The standard InChI is InChI=1S/C28H31N9/c1-3-7-36(8-4-1)18-19-11-20(14-29-13-19)21-12-22-25(34-35-27(22)31-15-21)28-32-23-16-30-17-24(26(23)33-28)37-9-5-2-6-10-37/h11-17H,1-10,18H2,(H,32,33)(H,31,34,35). The molecule has 0 bridgehead atoms. The molecule has 2 saturated heterocycles. The zero-order valence-corrected chi connectivity index (χ0v) is 21.0. The number of piperidine rings is 2. The molecule has 0 aromatic carbocycles. The molecule has 188 valence electrons. The van der Waals surface area contributed by atoms with E-state index in [1.165, 1.54) is 57.2 Å². The Morgan fingerprint density at radius 2 is 1.57 bits per heavy atom. The van der Waals surface area contributed by atoms with E-state index in [0.29, 0.717) is 5.65 Å². The van der Waals surface area contributed by atoms with Crippen molar-refractivity contribution in [3.8, 4) is 22.6 Å². The molecule has 0 aliphatic carbocycles. The van der Waals surface area contributed by atoms with Crippen molar-refractivity contribution < 1.29 is 0 Å². The number of nitrogens with zero attached hydrogens (tertiary/aromatic N) is 7. The second-order valence-corrected chi connectivity index (χ2v) is 10.3. The molecule has 0 unspecified atom stereocenters. The van der Waals surface area contributed by atoms with E-state index in [1.54, 1.807) is 0 Å². The Morgan fingerprint density at radius 1 is 0.784 bits per heavy atom. The summed E-state index contributed by atoms with van der Waals surface area (Å²) in [7, 11) is 0. The lowest BCUT2D eigenvalue weighted by Gasteiger charge is -2.28. The van der Waals surface area contributed by atoms with Crippen LogP contribution in [-0.2, 0) is 6.54 Å². The highest BCUT2D eigenvalue weighted by atomic mass is 15.2. The van der Waals surface area contributed by atoms with Crippen molar-refractivity contribution in [2.75, 3.05) is 31.1 Å². The summed E-state index contributed by atoms with van der Waals surface area (Å²) in [4.78, 5) is 27.1. The number of hydrogen-bond acceptors (Lipinski definition) is 7. The molecule has 2 aliphatic heterocycles. The van der Waals surface area contributed by atoms with Gasteiger partial charge in [-0.1, -0.05) is 6.42 Å². The molecule has 2 N–H and O–H groups in total. The molecule has 2 fully saturated rings. The Hall–Kier alpha value is -3.85. The van der Waals surface area contributed by atoms with E-state index < -0.39 is 0 Å². The number of aromatic amines is 2.